The molecule has 1 aromatic heterocycles. The fourth-order valence-corrected chi connectivity index (χ4v) is 1.89. The molecule has 0 spiro atoms. The SMILES string of the molecule is Cc1nc(Cl)nn1CCCc1ccccc1. The normalized spacial score (nSPS) is 10.6. The highest BCUT2D eigenvalue weighted by Crippen LogP contribution is 2.06. The molecule has 0 N–H and O–H groups in total. The minimum atomic E-state index is 0.331. The summed E-state index contributed by atoms with van der Waals surface area (Å²) >= 11 is 5.72. The quantitative estimate of drug-likeness (QED) is 0.816. The van der Waals surface area contributed by atoms with Crippen LogP contribution in [0.2, 0.25) is 5.28 Å². The largest absolute Gasteiger partial charge is 0.249 e. The van der Waals surface area contributed by atoms with Crippen molar-refractivity contribution in [2.24, 2.45) is 0 Å². The van der Waals surface area contributed by atoms with E-state index in [9.17, 15) is 0 Å². The van der Waals surface area contributed by atoms with Crippen LogP contribution in [0, 0.1) is 6.92 Å². The summed E-state index contributed by atoms with van der Waals surface area (Å²) in [6, 6.07) is 10.4. The molecule has 0 saturated carbocycles. The van der Waals surface area contributed by atoms with E-state index in [2.05, 4.69) is 34.3 Å². The Morgan fingerprint density at radius 2 is 2.00 bits per heavy atom. The van der Waals surface area contributed by atoms with Crippen LogP contribution in [-0.4, -0.2) is 14.8 Å². The highest BCUT2D eigenvalue weighted by atomic mass is 35.5. The number of halogens is 1. The number of hydrogen-bond donors (Lipinski definition) is 0. The Balaban J connectivity index is 1.87. The molecule has 0 fully saturated rings. The number of rotatable bonds is 4. The Morgan fingerprint density at radius 1 is 1.25 bits per heavy atom. The molecule has 0 aliphatic rings. The van der Waals surface area contributed by atoms with Crippen molar-refractivity contribution in [1.82, 2.24) is 14.8 Å². The van der Waals surface area contributed by atoms with Gasteiger partial charge in [0.1, 0.15) is 5.82 Å². The van der Waals surface area contributed by atoms with Crippen LogP contribution in [0.5, 0.6) is 0 Å². The third-order valence-corrected chi connectivity index (χ3v) is 2.67. The fraction of sp³-hybridized carbons (Fsp3) is 0.333. The Morgan fingerprint density at radius 3 is 2.62 bits per heavy atom. The molecule has 3 nitrogen and oxygen atoms in total. The lowest BCUT2D eigenvalue weighted by molar-refractivity contribution is 0.562. The number of aromatic nitrogens is 3. The summed E-state index contributed by atoms with van der Waals surface area (Å²) < 4.78 is 1.85. The first-order chi connectivity index (χ1) is 7.75. The molecule has 4 heteroatoms. The first kappa shape index (κ1) is 11.1. The van der Waals surface area contributed by atoms with E-state index >= 15 is 0 Å². The Hall–Kier alpha value is -1.35. The molecule has 2 aromatic rings. The van der Waals surface area contributed by atoms with E-state index in [1.165, 1.54) is 5.56 Å². The third kappa shape index (κ3) is 2.83. The molecule has 84 valence electrons. The minimum absolute atomic E-state index is 0.331. The number of nitrogens with zero attached hydrogens (tertiary/aromatic N) is 3. The second-order valence-corrected chi connectivity index (χ2v) is 4.08. The maximum absolute atomic E-state index is 5.72. The summed E-state index contributed by atoms with van der Waals surface area (Å²) in [6.07, 6.45) is 2.10. The van der Waals surface area contributed by atoms with Gasteiger partial charge in [0.05, 0.1) is 0 Å². The molecule has 0 unspecified atom stereocenters. The van der Waals surface area contributed by atoms with E-state index in [4.69, 9.17) is 11.6 Å². The van der Waals surface area contributed by atoms with Gasteiger partial charge in [-0.05, 0) is 36.9 Å². The first-order valence-electron chi connectivity index (χ1n) is 5.36. The lowest BCUT2D eigenvalue weighted by atomic mass is 10.1. The predicted molar refractivity (Wildman–Crippen MR) is 64.5 cm³/mol. The zero-order valence-corrected chi connectivity index (χ0v) is 9.98. The van der Waals surface area contributed by atoms with Crippen molar-refractivity contribution in [2.45, 2.75) is 26.3 Å². The van der Waals surface area contributed by atoms with Crippen molar-refractivity contribution in [3.8, 4) is 0 Å². The highest BCUT2D eigenvalue weighted by molar-refractivity contribution is 6.28. The summed E-state index contributed by atoms with van der Waals surface area (Å²) in [7, 11) is 0. The highest BCUT2D eigenvalue weighted by Gasteiger charge is 2.02. The molecule has 0 atom stereocenters. The molecule has 0 aliphatic carbocycles. The van der Waals surface area contributed by atoms with E-state index in [1.54, 1.807) is 0 Å². The minimum Gasteiger partial charge on any atom is -0.249 e. The van der Waals surface area contributed by atoms with Crippen LogP contribution >= 0.6 is 11.6 Å². The van der Waals surface area contributed by atoms with Crippen molar-refractivity contribution >= 4 is 11.6 Å². The van der Waals surface area contributed by atoms with E-state index in [-0.39, 0.29) is 0 Å². The van der Waals surface area contributed by atoms with Gasteiger partial charge >= 0.3 is 0 Å². The monoisotopic (exact) mass is 235 g/mol. The number of aryl methyl sites for hydroxylation is 3. The molecule has 1 aromatic carbocycles. The fourth-order valence-electron chi connectivity index (χ4n) is 1.67. The summed E-state index contributed by atoms with van der Waals surface area (Å²) in [6.45, 7) is 2.78. The molecule has 0 bridgehead atoms. The number of hydrogen-bond acceptors (Lipinski definition) is 2. The van der Waals surface area contributed by atoms with Crippen molar-refractivity contribution in [3.05, 3.63) is 47.0 Å². The van der Waals surface area contributed by atoms with Gasteiger partial charge in [-0.25, -0.2) is 9.67 Å². The Labute approximate surface area is 100 Å². The van der Waals surface area contributed by atoms with Crippen molar-refractivity contribution in [1.29, 1.82) is 0 Å². The van der Waals surface area contributed by atoms with E-state index in [1.807, 2.05) is 17.7 Å². The molecule has 16 heavy (non-hydrogen) atoms. The van der Waals surface area contributed by atoms with Crippen molar-refractivity contribution in [2.75, 3.05) is 0 Å². The van der Waals surface area contributed by atoms with Gasteiger partial charge in [-0.3, -0.25) is 0 Å². The van der Waals surface area contributed by atoms with Crippen LogP contribution in [0.3, 0.4) is 0 Å². The van der Waals surface area contributed by atoms with Crippen LogP contribution in [0.15, 0.2) is 30.3 Å². The second kappa shape index (κ2) is 5.12. The van der Waals surface area contributed by atoms with Gasteiger partial charge in [0.15, 0.2) is 0 Å². The summed E-state index contributed by atoms with van der Waals surface area (Å²) in [5.41, 5.74) is 1.35. The van der Waals surface area contributed by atoms with Crippen LogP contribution in [0.4, 0.5) is 0 Å². The zero-order chi connectivity index (χ0) is 11.4. The zero-order valence-electron chi connectivity index (χ0n) is 9.23. The maximum Gasteiger partial charge on any atom is 0.242 e. The van der Waals surface area contributed by atoms with E-state index in [0.717, 1.165) is 25.2 Å². The molecule has 0 saturated heterocycles. The topological polar surface area (TPSA) is 30.7 Å². The van der Waals surface area contributed by atoms with E-state index in [0.29, 0.717) is 5.28 Å². The summed E-state index contributed by atoms with van der Waals surface area (Å²) in [5.74, 6) is 0.873. The van der Waals surface area contributed by atoms with Gasteiger partial charge in [-0.1, -0.05) is 30.3 Å². The third-order valence-electron chi connectivity index (χ3n) is 2.51. The van der Waals surface area contributed by atoms with Gasteiger partial charge in [0.2, 0.25) is 5.28 Å². The standard InChI is InChI=1S/C12H14ClN3/c1-10-14-12(13)15-16(10)9-5-8-11-6-3-2-4-7-11/h2-4,6-7H,5,8-9H2,1H3. The molecule has 2 rings (SSSR count). The van der Waals surface area contributed by atoms with Crippen LogP contribution in [0.1, 0.15) is 17.8 Å². The van der Waals surface area contributed by atoms with Crippen LogP contribution in [-0.2, 0) is 13.0 Å². The van der Waals surface area contributed by atoms with Crippen molar-refractivity contribution < 1.29 is 0 Å². The molecular weight excluding hydrogens is 222 g/mol. The van der Waals surface area contributed by atoms with Gasteiger partial charge in [0.25, 0.3) is 0 Å². The van der Waals surface area contributed by atoms with Crippen LogP contribution in [0.25, 0.3) is 0 Å². The lowest BCUT2D eigenvalue weighted by Gasteiger charge is -2.03. The van der Waals surface area contributed by atoms with Gasteiger partial charge in [-0.15, -0.1) is 5.10 Å². The summed E-state index contributed by atoms with van der Waals surface area (Å²) in [5, 5.41) is 4.44. The lowest BCUT2D eigenvalue weighted by Crippen LogP contribution is -2.03. The van der Waals surface area contributed by atoms with E-state index < -0.39 is 0 Å². The molecule has 0 amide bonds. The Kier molecular flexibility index (Phi) is 3.57. The van der Waals surface area contributed by atoms with Gasteiger partial charge in [-0.2, -0.15) is 0 Å². The number of benzene rings is 1. The van der Waals surface area contributed by atoms with Crippen molar-refractivity contribution in [3.63, 3.8) is 0 Å². The average Bonchev–Trinajstić information content (AvgIpc) is 2.59. The molecule has 0 radical (unpaired) electrons. The molecule has 0 aliphatic heterocycles. The van der Waals surface area contributed by atoms with Gasteiger partial charge < -0.3 is 0 Å². The first-order valence-corrected chi connectivity index (χ1v) is 5.74. The average molecular weight is 236 g/mol. The Bertz CT molecular complexity index is 451. The second-order valence-electron chi connectivity index (χ2n) is 3.74. The predicted octanol–water partition coefficient (Wildman–Crippen LogP) is 2.87. The smallest absolute Gasteiger partial charge is 0.242 e. The van der Waals surface area contributed by atoms with Gasteiger partial charge in [0, 0.05) is 6.54 Å². The maximum atomic E-state index is 5.72. The summed E-state index contributed by atoms with van der Waals surface area (Å²) in [4.78, 5) is 4.05. The molecular formula is C12H14ClN3. The van der Waals surface area contributed by atoms with Crippen LogP contribution < -0.4 is 0 Å². The molecule has 1 heterocycles.